The average molecular weight is 1300 g/mol. The topological polar surface area (TPSA) is 596 Å². The van der Waals surface area contributed by atoms with Gasteiger partial charge in [0, 0.05) is 12.3 Å². The van der Waals surface area contributed by atoms with Gasteiger partial charge in [-0.2, -0.15) is 0 Å². The van der Waals surface area contributed by atoms with E-state index in [-0.39, 0.29) is 23.8 Å². The fourth-order valence-electron chi connectivity index (χ4n) is 11.2. The second-order valence-electron chi connectivity index (χ2n) is 22.6. The Morgan fingerprint density at radius 1 is 0.571 bits per heavy atom. The molecule has 8 rings (SSSR count). The molecule has 504 valence electrons. The summed E-state index contributed by atoms with van der Waals surface area (Å²) in [4.78, 5) is 96.0. The Morgan fingerprint density at radius 3 is 1.77 bits per heavy atom. The van der Waals surface area contributed by atoms with Gasteiger partial charge in [0.15, 0.2) is 24.4 Å². The van der Waals surface area contributed by atoms with Gasteiger partial charge < -0.3 is 149 Å². The maximum absolute atomic E-state index is 15.1. The molecule has 4 fully saturated rings. The first kappa shape index (κ1) is 69.8. The summed E-state index contributed by atoms with van der Waals surface area (Å²) in [6.07, 6.45) is -31.7. The summed E-state index contributed by atoms with van der Waals surface area (Å²) in [6.45, 7) is -3.97. The predicted molar refractivity (Wildman–Crippen MR) is 303 cm³/mol. The van der Waals surface area contributed by atoms with Crippen molar-refractivity contribution in [3.63, 3.8) is 0 Å². The first-order valence-electron chi connectivity index (χ1n) is 28.9. The second kappa shape index (κ2) is 30.5. The number of nitrogens with two attached hydrogens (primary N) is 2. The number of rotatable bonds is 17. The Kier molecular flexibility index (Phi) is 23.4. The number of benzene rings is 2. The van der Waals surface area contributed by atoms with Crippen LogP contribution >= 0.6 is 0 Å². The molecule has 0 radical (unpaired) electrons. The largest absolute Gasteiger partial charge is 0.462 e. The molecule has 0 saturated carbocycles. The van der Waals surface area contributed by atoms with Crippen molar-refractivity contribution in [3.05, 3.63) is 65.7 Å². The molecule has 0 aromatic heterocycles. The molecule has 0 bridgehead atoms. The predicted octanol–water partition coefficient (Wildman–Crippen LogP) is -13.6. The van der Waals surface area contributed by atoms with E-state index in [1.807, 2.05) is 0 Å². The van der Waals surface area contributed by atoms with Crippen LogP contribution in [0.15, 0.2) is 64.6 Å². The number of aliphatic hydroxyl groups excluding tert-OH is 14. The molecule has 6 aliphatic rings. The number of carbonyl (C=O) groups excluding carboxylic acids is 6. The van der Waals surface area contributed by atoms with E-state index < -0.39 is 240 Å². The Labute approximate surface area is 517 Å². The number of guanidine groups is 2. The lowest BCUT2D eigenvalue weighted by atomic mass is 9.92. The number of hydrogen-bond donors (Lipinski definition) is 23. The highest BCUT2D eigenvalue weighted by Crippen LogP contribution is 2.32. The number of carbonyl (C=O) groups is 6. The van der Waals surface area contributed by atoms with Crippen molar-refractivity contribution in [1.82, 2.24) is 42.1 Å². The lowest BCUT2D eigenvalue weighted by Gasteiger charge is -2.46. The van der Waals surface area contributed by atoms with Crippen molar-refractivity contribution >= 4 is 47.4 Å². The molecule has 4 saturated heterocycles. The molecule has 25 atom stereocenters. The number of amides is 6. The van der Waals surface area contributed by atoms with Crippen LogP contribution in [-0.2, 0) is 54.1 Å². The minimum Gasteiger partial charge on any atom is -0.462 e. The second-order valence-corrected chi connectivity index (χ2v) is 22.6. The van der Waals surface area contributed by atoms with Crippen LogP contribution in [0, 0.1) is 0 Å². The van der Waals surface area contributed by atoms with Gasteiger partial charge >= 0.3 is 0 Å². The number of hydrogen-bond acceptors (Lipinski definition) is 31. The third-order valence-corrected chi connectivity index (χ3v) is 16.5. The van der Waals surface area contributed by atoms with Crippen LogP contribution in [-0.4, -0.2) is 316 Å². The third-order valence-electron chi connectivity index (χ3n) is 16.5. The maximum atomic E-state index is 15.1. The molecule has 91 heavy (non-hydrogen) atoms. The molecule has 0 aliphatic carbocycles. The normalized spacial score (nSPS) is 37.5. The average Bonchev–Trinajstić information content (AvgIpc) is 1.85. The standard InChI is InChI=1S/C54H78N12O25/c1-19(21-5-3-2-4-6-21)31-47(84)60-23(11-20-7-9-22(10-8-20)87-51-43(81)40(78)44(29(18-70)90-51)91-52-42(80)39(77)37(75)28(17-69)89-52)46(83)64-32(34(72)24-12-58-53(55)62-24)49(86)65-33(48(85)61-25(15-67)45(82)57-14-30(71)63-31)35(73)26-13-59-54(56)66(26)50-41(79)38(76)36(74)27(16-68)88-50/h2-10,19,23-29,31-44,50-52,67-70,72-81H,11-18H2,1H3,(H2,56,59)(H,57,82)(H,60,84)(H,61,85)(H,63,71)(H,64,83)(H,65,86)(H3,55,58,62)/t19?,23?,24?,25?,26?,27-,28+,29-,31?,32?,33?,34?,35?,36-,37+,38+,39-,40-,41+,42-,43+,44-,50+,51+,52?/m1/s1. The third kappa shape index (κ3) is 15.7. The van der Waals surface area contributed by atoms with Crippen LogP contribution in [0.4, 0.5) is 0 Å². The number of aliphatic hydroxyl groups is 14. The molecule has 2 aromatic rings. The Bertz CT molecular complexity index is 2900. The zero-order valence-corrected chi connectivity index (χ0v) is 48.5. The molecule has 25 N–H and O–H groups in total. The van der Waals surface area contributed by atoms with Crippen molar-refractivity contribution < 1.29 is 124 Å². The molecule has 37 heteroatoms. The van der Waals surface area contributed by atoms with Gasteiger partial charge in [-0.1, -0.05) is 49.4 Å². The highest BCUT2D eigenvalue weighted by molar-refractivity contribution is 5.98. The summed E-state index contributed by atoms with van der Waals surface area (Å²) in [5.41, 5.74) is 12.8. The van der Waals surface area contributed by atoms with E-state index in [0.717, 1.165) is 4.90 Å². The van der Waals surface area contributed by atoms with E-state index >= 15 is 9.59 Å². The molecule has 6 aliphatic heterocycles. The molecule has 11 unspecified atom stereocenters. The molecule has 37 nitrogen and oxygen atoms in total. The summed E-state index contributed by atoms with van der Waals surface area (Å²) in [7, 11) is 0. The zero-order valence-electron chi connectivity index (χ0n) is 48.5. The smallest absolute Gasteiger partial charge is 0.246 e. The van der Waals surface area contributed by atoms with Crippen molar-refractivity contribution in [3.8, 4) is 5.75 Å². The van der Waals surface area contributed by atoms with Gasteiger partial charge in [-0.15, -0.1) is 0 Å². The van der Waals surface area contributed by atoms with Crippen LogP contribution in [0.1, 0.15) is 24.0 Å². The van der Waals surface area contributed by atoms with Gasteiger partial charge in [0.05, 0.1) is 58.1 Å². The van der Waals surface area contributed by atoms with Crippen LogP contribution in [0.2, 0.25) is 0 Å². The van der Waals surface area contributed by atoms with Gasteiger partial charge in [0.1, 0.15) is 121 Å². The maximum Gasteiger partial charge on any atom is 0.246 e. The van der Waals surface area contributed by atoms with E-state index in [2.05, 4.69) is 47.2 Å². The fourth-order valence-corrected chi connectivity index (χ4v) is 11.2. The van der Waals surface area contributed by atoms with Crippen LogP contribution in [0.3, 0.4) is 0 Å². The van der Waals surface area contributed by atoms with Crippen LogP contribution in [0.25, 0.3) is 0 Å². The summed E-state index contributed by atoms with van der Waals surface area (Å²) in [6, 6.07) is 0.805. The molecular formula is C54H78N12O25. The SMILES string of the molecule is CC(c1ccccc1)C1NC(=O)CNC(=O)C(CO)NC(=O)C(C(O)C2CN=C(N)N2[C@H]2O[C@H](CO)[C@@H](O)[C@H](O)[C@@H]2O)NC(=O)C(C(O)C2CN=C(N)N2)NC(=O)C(Cc2ccc(O[C@H]3O[C@H](CO)[C@@H](OC4O[C@@H](CO)[C@H](O)[C@@H](O)[C@H]4O)[C@H](O)[C@@H]3O)cc2)NC1=O. The van der Waals surface area contributed by atoms with E-state index in [1.54, 1.807) is 37.3 Å². The lowest BCUT2D eigenvalue weighted by molar-refractivity contribution is -0.352. The Morgan fingerprint density at radius 2 is 1.14 bits per heavy atom. The van der Waals surface area contributed by atoms with Crippen molar-refractivity contribution in [2.24, 2.45) is 21.5 Å². The fraction of sp³-hybridized carbons (Fsp3) is 0.630. The summed E-state index contributed by atoms with van der Waals surface area (Å²) in [5, 5.41) is 167. The van der Waals surface area contributed by atoms with Gasteiger partial charge in [0.25, 0.3) is 0 Å². The number of aliphatic imine (C=N–C) groups is 2. The van der Waals surface area contributed by atoms with Gasteiger partial charge in [-0.05, 0) is 23.3 Å². The van der Waals surface area contributed by atoms with Crippen LogP contribution in [0.5, 0.6) is 5.75 Å². The van der Waals surface area contributed by atoms with Crippen molar-refractivity contribution in [1.29, 1.82) is 0 Å². The summed E-state index contributed by atoms with van der Waals surface area (Å²) < 4.78 is 28.3. The van der Waals surface area contributed by atoms with E-state index in [0.29, 0.717) is 5.56 Å². The molecule has 6 heterocycles. The van der Waals surface area contributed by atoms with Gasteiger partial charge in [0.2, 0.25) is 41.7 Å². The number of nitrogens with one attached hydrogen (secondary N) is 7. The number of nitrogens with zero attached hydrogens (tertiary/aromatic N) is 3. The minimum atomic E-state index is -2.35. The van der Waals surface area contributed by atoms with E-state index in [4.69, 9.17) is 35.2 Å². The van der Waals surface area contributed by atoms with Crippen molar-refractivity contribution in [2.45, 2.75) is 166 Å². The number of ether oxygens (including phenoxy) is 5. The molecular weight excluding hydrogens is 1220 g/mol. The first-order chi connectivity index (χ1) is 43.3. The van der Waals surface area contributed by atoms with Crippen LogP contribution < -0.4 is 53.4 Å². The molecule has 6 amide bonds. The molecule has 0 spiro atoms. The van der Waals surface area contributed by atoms with E-state index in [9.17, 15) is 90.7 Å². The summed E-state index contributed by atoms with van der Waals surface area (Å²) >= 11 is 0. The molecule has 2 aromatic carbocycles. The minimum absolute atomic E-state index is 0.0746. The van der Waals surface area contributed by atoms with Gasteiger partial charge in [-0.3, -0.25) is 38.8 Å². The summed E-state index contributed by atoms with van der Waals surface area (Å²) in [5.74, 6) is -9.00. The first-order valence-corrected chi connectivity index (χ1v) is 28.9. The quantitative estimate of drug-likeness (QED) is 0.0699. The Hall–Kier alpha value is -7.12. The Balaban J connectivity index is 1.11. The highest BCUT2D eigenvalue weighted by atomic mass is 16.7. The highest BCUT2D eigenvalue weighted by Gasteiger charge is 2.54. The van der Waals surface area contributed by atoms with Crippen molar-refractivity contribution in [2.75, 3.05) is 46.1 Å². The van der Waals surface area contributed by atoms with E-state index in [1.165, 1.54) is 24.3 Å². The lowest BCUT2D eigenvalue weighted by Crippen LogP contribution is -2.70. The zero-order chi connectivity index (χ0) is 66.3. The monoisotopic (exact) mass is 1290 g/mol. The van der Waals surface area contributed by atoms with Gasteiger partial charge in [-0.25, -0.2) is 0 Å².